The van der Waals surface area contributed by atoms with Crippen LogP contribution in [0.3, 0.4) is 0 Å². The normalized spacial score (nSPS) is 13.1. The maximum absolute atomic E-state index is 13.4. The number of benzene rings is 1. The lowest BCUT2D eigenvalue weighted by molar-refractivity contribution is -0.396. The minimum Gasteiger partial charge on any atom is -0.494 e. The maximum atomic E-state index is 13.4. The van der Waals surface area contributed by atoms with Crippen molar-refractivity contribution in [1.82, 2.24) is 0 Å². The zero-order chi connectivity index (χ0) is 23.2. The molecule has 0 saturated heterocycles. The number of hydrogen-bond donors (Lipinski definition) is 0. The van der Waals surface area contributed by atoms with Crippen LogP contribution in [0.5, 0.6) is 5.75 Å². The summed E-state index contributed by atoms with van der Waals surface area (Å²) in [6.07, 6.45) is -8.36. The number of alkyl halides is 9. The van der Waals surface area contributed by atoms with Gasteiger partial charge in [-0.2, -0.15) is 39.5 Å². The van der Waals surface area contributed by atoms with Crippen LogP contribution >= 0.6 is 0 Å². The van der Waals surface area contributed by atoms with Gasteiger partial charge in [-0.3, -0.25) is 0 Å². The van der Waals surface area contributed by atoms with E-state index >= 15 is 0 Å². The number of carbonyl (C=O) groups is 1. The van der Waals surface area contributed by atoms with Crippen LogP contribution in [0.1, 0.15) is 18.4 Å². The molecule has 1 rings (SSSR count). The van der Waals surface area contributed by atoms with E-state index < -0.39 is 49.4 Å². The van der Waals surface area contributed by atoms with Gasteiger partial charge >= 0.3 is 29.9 Å². The first-order chi connectivity index (χ1) is 13.7. The summed E-state index contributed by atoms with van der Waals surface area (Å²) in [6.45, 7) is 2.66. The molecule has 0 aliphatic heterocycles. The summed E-state index contributed by atoms with van der Waals surface area (Å²) >= 11 is 0. The Bertz CT molecular complexity index is 713. The Labute approximate surface area is 165 Å². The Hall–Kier alpha value is -2.40. The predicted molar refractivity (Wildman–Crippen MR) is 86.9 cm³/mol. The van der Waals surface area contributed by atoms with E-state index in [4.69, 9.17) is 9.47 Å². The van der Waals surface area contributed by atoms with Crippen molar-refractivity contribution in [2.24, 2.45) is 0 Å². The van der Waals surface area contributed by atoms with Gasteiger partial charge in [-0.25, -0.2) is 4.79 Å². The van der Waals surface area contributed by atoms with E-state index in [2.05, 4.69) is 6.58 Å². The van der Waals surface area contributed by atoms with Gasteiger partial charge in [-0.1, -0.05) is 18.7 Å². The van der Waals surface area contributed by atoms with Crippen molar-refractivity contribution in [2.45, 2.75) is 43.2 Å². The molecule has 0 heterocycles. The third-order valence-corrected chi connectivity index (χ3v) is 3.84. The number of carbonyl (C=O) groups excluding carboxylic acids is 1. The second-order valence-corrected chi connectivity index (χ2v) is 6.07. The van der Waals surface area contributed by atoms with Gasteiger partial charge in [0, 0.05) is 18.9 Å². The molecular weight excluding hydrogens is 435 g/mol. The van der Waals surface area contributed by atoms with E-state index in [0.717, 1.165) is 6.08 Å². The van der Waals surface area contributed by atoms with Crippen LogP contribution in [0.2, 0.25) is 0 Å². The van der Waals surface area contributed by atoms with Gasteiger partial charge in [0.1, 0.15) is 5.75 Å². The first-order valence-electron chi connectivity index (χ1n) is 8.37. The van der Waals surface area contributed by atoms with Crippen molar-refractivity contribution in [3.05, 3.63) is 42.5 Å². The van der Waals surface area contributed by atoms with Crippen molar-refractivity contribution in [2.75, 3.05) is 13.2 Å². The Morgan fingerprint density at radius 1 is 0.900 bits per heavy atom. The van der Waals surface area contributed by atoms with Gasteiger partial charge in [0.2, 0.25) is 0 Å². The fourth-order valence-corrected chi connectivity index (χ4v) is 2.13. The molecule has 0 N–H and O–H groups in total. The second-order valence-electron chi connectivity index (χ2n) is 6.07. The van der Waals surface area contributed by atoms with E-state index in [1.807, 2.05) is 0 Å². The molecule has 0 aromatic heterocycles. The van der Waals surface area contributed by atoms with Crippen LogP contribution in [0.4, 0.5) is 39.5 Å². The van der Waals surface area contributed by atoms with Crippen LogP contribution in [-0.2, 0) is 16.0 Å². The molecule has 0 aliphatic carbocycles. The number of halogens is 9. The summed E-state index contributed by atoms with van der Waals surface area (Å²) in [4.78, 5) is 10.9. The zero-order valence-corrected chi connectivity index (χ0v) is 15.3. The fraction of sp³-hybridized carbons (Fsp3) is 0.500. The SMILES string of the molecule is C=CC(=O)OCCc1ccc(OCCCC(F)(F)C(F)(F)C(F)(F)C(F)(F)F)cc1. The zero-order valence-electron chi connectivity index (χ0n) is 15.3. The third-order valence-electron chi connectivity index (χ3n) is 3.84. The van der Waals surface area contributed by atoms with Crippen molar-refractivity contribution in [3.63, 3.8) is 0 Å². The number of rotatable bonds is 11. The highest BCUT2D eigenvalue weighted by atomic mass is 19.4. The summed E-state index contributed by atoms with van der Waals surface area (Å²) in [6, 6.07) is 5.83. The lowest BCUT2D eigenvalue weighted by Gasteiger charge is -2.33. The molecule has 0 radical (unpaired) electrons. The molecule has 1 aromatic carbocycles. The molecule has 0 saturated carbocycles. The first-order valence-corrected chi connectivity index (χ1v) is 8.37. The molecule has 0 fully saturated rings. The van der Waals surface area contributed by atoms with Crippen LogP contribution in [-0.4, -0.2) is 43.1 Å². The summed E-state index contributed by atoms with van der Waals surface area (Å²) in [5.41, 5.74) is 0.708. The lowest BCUT2D eigenvalue weighted by Crippen LogP contribution is -2.60. The highest BCUT2D eigenvalue weighted by molar-refractivity contribution is 5.81. The molecule has 0 atom stereocenters. The van der Waals surface area contributed by atoms with Crippen molar-refractivity contribution in [3.8, 4) is 5.75 Å². The Balaban J connectivity index is 2.54. The summed E-state index contributed by atoms with van der Waals surface area (Å²) < 4.78 is 124. The van der Waals surface area contributed by atoms with Crippen molar-refractivity contribution in [1.29, 1.82) is 0 Å². The maximum Gasteiger partial charge on any atom is 0.460 e. The Kier molecular flexibility index (Phi) is 8.21. The van der Waals surface area contributed by atoms with Gasteiger partial charge in [0.15, 0.2) is 0 Å². The van der Waals surface area contributed by atoms with Crippen LogP contribution < -0.4 is 4.74 Å². The summed E-state index contributed by atoms with van der Waals surface area (Å²) in [5, 5.41) is 0. The topological polar surface area (TPSA) is 35.5 Å². The van der Waals surface area contributed by atoms with Crippen molar-refractivity contribution >= 4 is 5.97 Å². The van der Waals surface area contributed by atoms with Crippen LogP contribution in [0, 0.1) is 0 Å². The summed E-state index contributed by atoms with van der Waals surface area (Å²) in [5.74, 6) is -19.6. The van der Waals surface area contributed by atoms with Gasteiger partial charge in [-0.05, 0) is 24.1 Å². The minimum atomic E-state index is -6.89. The number of ether oxygens (including phenoxy) is 2. The molecular formula is C18H17F9O3. The average Bonchev–Trinajstić information content (AvgIpc) is 2.65. The molecule has 0 bridgehead atoms. The standard InChI is InChI=1S/C18H17F9O3/c1-2-14(28)30-11-8-12-4-6-13(7-5-12)29-10-3-9-15(19,20)16(21,22)17(23,24)18(25,26)27/h2,4-7H,1,3,8-11H2. The van der Waals surface area contributed by atoms with E-state index in [1.54, 1.807) is 0 Å². The molecule has 12 heteroatoms. The van der Waals surface area contributed by atoms with Crippen LogP contribution in [0.25, 0.3) is 0 Å². The molecule has 0 aliphatic rings. The number of hydrogen-bond acceptors (Lipinski definition) is 3. The second kappa shape index (κ2) is 9.61. The minimum absolute atomic E-state index is 0.0664. The fourth-order valence-electron chi connectivity index (χ4n) is 2.13. The highest BCUT2D eigenvalue weighted by Crippen LogP contribution is 2.54. The molecule has 30 heavy (non-hydrogen) atoms. The molecule has 1 aromatic rings. The molecule has 0 unspecified atom stereocenters. The molecule has 3 nitrogen and oxygen atoms in total. The quantitative estimate of drug-likeness (QED) is 0.190. The van der Waals surface area contributed by atoms with Gasteiger partial charge < -0.3 is 9.47 Å². The van der Waals surface area contributed by atoms with E-state index in [-0.39, 0.29) is 12.4 Å². The highest BCUT2D eigenvalue weighted by Gasteiger charge is 2.81. The molecule has 170 valence electrons. The largest absolute Gasteiger partial charge is 0.494 e. The van der Waals surface area contributed by atoms with Gasteiger partial charge in [0.05, 0.1) is 13.2 Å². The number of esters is 1. The van der Waals surface area contributed by atoms with E-state index in [0.29, 0.717) is 12.0 Å². The average molecular weight is 452 g/mol. The summed E-state index contributed by atoms with van der Waals surface area (Å²) in [7, 11) is 0. The van der Waals surface area contributed by atoms with E-state index in [9.17, 15) is 44.3 Å². The van der Waals surface area contributed by atoms with Crippen LogP contribution in [0.15, 0.2) is 36.9 Å². The van der Waals surface area contributed by atoms with Gasteiger partial charge in [-0.15, -0.1) is 0 Å². The Morgan fingerprint density at radius 3 is 1.97 bits per heavy atom. The monoisotopic (exact) mass is 452 g/mol. The van der Waals surface area contributed by atoms with Gasteiger partial charge in [0.25, 0.3) is 0 Å². The smallest absolute Gasteiger partial charge is 0.460 e. The third kappa shape index (κ3) is 6.05. The molecule has 0 spiro atoms. The molecule has 0 amide bonds. The van der Waals surface area contributed by atoms with Crippen molar-refractivity contribution < 1.29 is 53.8 Å². The predicted octanol–water partition coefficient (Wildman–Crippen LogP) is 5.59. The Morgan fingerprint density at radius 2 is 1.47 bits per heavy atom. The van der Waals surface area contributed by atoms with E-state index in [1.165, 1.54) is 24.3 Å². The first kappa shape index (κ1) is 25.6. The lowest BCUT2D eigenvalue weighted by atomic mass is 10.00.